The third-order valence-electron chi connectivity index (χ3n) is 4.06. The molecule has 8 heteroatoms. The van der Waals surface area contributed by atoms with Gasteiger partial charge < -0.3 is 4.42 Å². The maximum Gasteiger partial charge on any atom is 0.416 e. The number of carbonyl (C=O) groups is 1. The third kappa shape index (κ3) is 3.91. The summed E-state index contributed by atoms with van der Waals surface area (Å²) in [5.74, 6) is -0.271. The SMILES string of the molecule is O=C(Nc1ncc(Cc2cccc(C(F)(F)F)c2)s1)c1cc2ccccc2o1. The van der Waals surface area contributed by atoms with Gasteiger partial charge in [0.25, 0.3) is 5.91 Å². The van der Waals surface area contributed by atoms with Gasteiger partial charge in [0.1, 0.15) is 5.58 Å². The summed E-state index contributed by atoms with van der Waals surface area (Å²) >= 11 is 1.20. The number of hydrogen-bond donors (Lipinski definition) is 1. The normalized spacial score (nSPS) is 11.7. The molecule has 0 aliphatic heterocycles. The molecule has 28 heavy (non-hydrogen) atoms. The zero-order chi connectivity index (χ0) is 19.7. The van der Waals surface area contributed by atoms with Gasteiger partial charge in [0, 0.05) is 22.9 Å². The summed E-state index contributed by atoms with van der Waals surface area (Å²) in [6.07, 6.45) is -2.54. The molecule has 0 spiro atoms. The molecule has 1 amide bonds. The Kier molecular flexibility index (Phi) is 4.64. The molecular formula is C20H13F3N2O2S. The number of aromatic nitrogens is 1. The number of thiazole rings is 1. The van der Waals surface area contributed by atoms with Crippen LogP contribution in [0.5, 0.6) is 0 Å². The number of carbonyl (C=O) groups excluding carboxylic acids is 1. The minimum Gasteiger partial charge on any atom is -0.451 e. The number of para-hydroxylation sites is 1. The first-order valence-electron chi connectivity index (χ1n) is 8.29. The molecule has 0 atom stereocenters. The second-order valence-electron chi connectivity index (χ2n) is 6.11. The number of benzene rings is 2. The number of rotatable bonds is 4. The van der Waals surface area contributed by atoms with Crippen LogP contribution in [0.15, 0.2) is 65.2 Å². The van der Waals surface area contributed by atoms with Gasteiger partial charge in [0.2, 0.25) is 0 Å². The largest absolute Gasteiger partial charge is 0.451 e. The smallest absolute Gasteiger partial charge is 0.416 e. The second-order valence-corrected chi connectivity index (χ2v) is 7.22. The van der Waals surface area contributed by atoms with E-state index in [0.29, 0.717) is 22.7 Å². The van der Waals surface area contributed by atoms with Crippen LogP contribution in [0.25, 0.3) is 11.0 Å². The van der Waals surface area contributed by atoms with Crippen LogP contribution in [-0.2, 0) is 12.6 Å². The van der Waals surface area contributed by atoms with Crippen molar-refractivity contribution in [1.82, 2.24) is 4.98 Å². The number of furan rings is 1. The van der Waals surface area contributed by atoms with Crippen LogP contribution < -0.4 is 5.32 Å². The molecule has 142 valence electrons. The Morgan fingerprint density at radius 1 is 1.11 bits per heavy atom. The van der Waals surface area contributed by atoms with E-state index in [9.17, 15) is 18.0 Å². The van der Waals surface area contributed by atoms with Crippen LogP contribution >= 0.6 is 11.3 Å². The summed E-state index contributed by atoms with van der Waals surface area (Å²) in [5.41, 5.74) is 0.443. The molecule has 0 bridgehead atoms. The number of fused-ring (bicyclic) bond motifs is 1. The molecule has 2 heterocycles. The highest BCUT2D eigenvalue weighted by Gasteiger charge is 2.30. The van der Waals surface area contributed by atoms with Crippen molar-refractivity contribution in [3.05, 3.63) is 82.6 Å². The molecule has 2 aromatic carbocycles. The molecule has 0 saturated carbocycles. The number of amides is 1. The molecule has 4 aromatic rings. The standard InChI is InChI=1S/C20H13F3N2O2S/c21-20(22,23)14-6-3-4-12(8-14)9-15-11-24-19(28-15)25-18(26)17-10-13-5-1-2-7-16(13)27-17/h1-8,10-11H,9H2,(H,24,25,26). The average Bonchev–Trinajstić information content (AvgIpc) is 3.28. The van der Waals surface area contributed by atoms with Crippen LogP contribution in [-0.4, -0.2) is 10.9 Å². The van der Waals surface area contributed by atoms with Crippen molar-refractivity contribution in [3.8, 4) is 0 Å². The summed E-state index contributed by atoms with van der Waals surface area (Å²) in [7, 11) is 0. The Bertz CT molecular complexity index is 1110. The van der Waals surface area contributed by atoms with Crippen LogP contribution in [0.3, 0.4) is 0 Å². The fraction of sp³-hybridized carbons (Fsp3) is 0.100. The highest BCUT2D eigenvalue weighted by Crippen LogP contribution is 2.30. The lowest BCUT2D eigenvalue weighted by molar-refractivity contribution is -0.137. The first kappa shape index (κ1) is 18.2. The van der Waals surface area contributed by atoms with Gasteiger partial charge in [-0.25, -0.2) is 4.98 Å². The average molecular weight is 402 g/mol. The maximum absolute atomic E-state index is 12.8. The minimum absolute atomic E-state index is 0.163. The number of nitrogens with one attached hydrogen (secondary N) is 1. The number of alkyl halides is 3. The molecule has 4 rings (SSSR count). The van der Waals surface area contributed by atoms with Crippen LogP contribution in [0.4, 0.5) is 18.3 Å². The second kappa shape index (κ2) is 7.12. The van der Waals surface area contributed by atoms with E-state index in [-0.39, 0.29) is 5.76 Å². The molecule has 0 radical (unpaired) electrons. The van der Waals surface area contributed by atoms with Crippen molar-refractivity contribution in [2.45, 2.75) is 12.6 Å². The van der Waals surface area contributed by atoms with Crippen LogP contribution in [0.2, 0.25) is 0 Å². The molecule has 0 aliphatic carbocycles. The van der Waals surface area contributed by atoms with E-state index in [1.807, 2.05) is 18.2 Å². The Morgan fingerprint density at radius 3 is 2.71 bits per heavy atom. The van der Waals surface area contributed by atoms with E-state index in [1.165, 1.54) is 17.4 Å². The topological polar surface area (TPSA) is 55.1 Å². The van der Waals surface area contributed by atoms with Gasteiger partial charge in [0.05, 0.1) is 5.56 Å². The Labute approximate surface area is 161 Å². The predicted molar refractivity (Wildman–Crippen MR) is 101 cm³/mol. The van der Waals surface area contributed by atoms with Gasteiger partial charge in [-0.05, 0) is 23.8 Å². The highest BCUT2D eigenvalue weighted by molar-refractivity contribution is 7.15. The maximum atomic E-state index is 12.8. The molecule has 1 N–H and O–H groups in total. The summed E-state index contributed by atoms with van der Waals surface area (Å²) in [6, 6.07) is 14.1. The number of halogens is 3. The van der Waals surface area contributed by atoms with E-state index in [0.717, 1.165) is 22.4 Å². The molecule has 4 nitrogen and oxygen atoms in total. The fourth-order valence-corrected chi connectivity index (χ4v) is 3.60. The number of anilines is 1. The van der Waals surface area contributed by atoms with Gasteiger partial charge in [-0.3, -0.25) is 10.1 Å². The molecular weight excluding hydrogens is 389 g/mol. The fourth-order valence-electron chi connectivity index (χ4n) is 2.76. The third-order valence-corrected chi connectivity index (χ3v) is 4.97. The zero-order valence-electron chi connectivity index (χ0n) is 14.3. The van der Waals surface area contributed by atoms with Crippen molar-refractivity contribution in [2.24, 2.45) is 0 Å². The molecule has 0 fully saturated rings. The number of nitrogens with zero attached hydrogens (tertiary/aromatic N) is 1. The summed E-state index contributed by atoms with van der Waals surface area (Å²) in [5, 5.41) is 3.83. The lowest BCUT2D eigenvalue weighted by Crippen LogP contribution is -2.10. The van der Waals surface area contributed by atoms with Crippen LogP contribution in [0.1, 0.15) is 26.6 Å². The highest BCUT2D eigenvalue weighted by atomic mass is 32.1. The van der Waals surface area contributed by atoms with E-state index in [4.69, 9.17) is 4.42 Å². The first-order chi connectivity index (χ1) is 13.4. The monoisotopic (exact) mass is 402 g/mol. The molecule has 0 saturated heterocycles. The molecule has 0 aliphatic rings. The van der Waals surface area contributed by atoms with E-state index < -0.39 is 17.6 Å². The van der Waals surface area contributed by atoms with Crippen molar-refractivity contribution < 1.29 is 22.4 Å². The Balaban J connectivity index is 1.46. The Hall–Kier alpha value is -3.13. The quantitative estimate of drug-likeness (QED) is 0.473. The summed E-state index contributed by atoms with van der Waals surface area (Å²) in [6.45, 7) is 0. The molecule has 0 unspecified atom stereocenters. The zero-order valence-corrected chi connectivity index (χ0v) is 15.1. The van der Waals surface area contributed by atoms with E-state index >= 15 is 0 Å². The summed E-state index contributed by atoms with van der Waals surface area (Å²) < 4.78 is 44.0. The lowest BCUT2D eigenvalue weighted by Gasteiger charge is -2.07. The van der Waals surface area contributed by atoms with E-state index in [2.05, 4.69) is 10.3 Å². The Morgan fingerprint density at radius 2 is 1.93 bits per heavy atom. The predicted octanol–water partition coefficient (Wildman–Crippen LogP) is 5.75. The lowest BCUT2D eigenvalue weighted by atomic mass is 10.1. The van der Waals surface area contributed by atoms with E-state index in [1.54, 1.807) is 24.4 Å². The molecule has 2 aromatic heterocycles. The van der Waals surface area contributed by atoms with Gasteiger partial charge in [-0.2, -0.15) is 13.2 Å². The van der Waals surface area contributed by atoms with Crippen molar-refractivity contribution in [3.63, 3.8) is 0 Å². The van der Waals surface area contributed by atoms with Crippen molar-refractivity contribution in [2.75, 3.05) is 5.32 Å². The van der Waals surface area contributed by atoms with Gasteiger partial charge in [-0.15, -0.1) is 11.3 Å². The number of hydrogen-bond acceptors (Lipinski definition) is 4. The van der Waals surface area contributed by atoms with Gasteiger partial charge >= 0.3 is 6.18 Å². The van der Waals surface area contributed by atoms with Crippen molar-refractivity contribution in [1.29, 1.82) is 0 Å². The van der Waals surface area contributed by atoms with Crippen LogP contribution in [0, 0.1) is 0 Å². The minimum atomic E-state index is -4.38. The van der Waals surface area contributed by atoms with Gasteiger partial charge in [0.15, 0.2) is 10.9 Å². The summed E-state index contributed by atoms with van der Waals surface area (Å²) in [4.78, 5) is 17.2. The van der Waals surface area contributed by atoms with Crippen molar-refractivity contribution >= 4 is 33.3 Å². The van der Waals surface area contributed by atoms with Gasteiger partial charge in [-0.1, -0.05) is 36.4 Å². The first-order valence-corrected chi connectivity index (χ1v) is 9.11.